The summed E-state index contributed by atoms with van der Waals surface area (Å²) in [6.07, 6.45) is 0.651. The first-order valence-corrected chi connectivity index (χ1v) is 7.89. The zero-order valence-corrected chi connectivity index (χ0v) is 12.9. The molecule has 5 N–H and O–H groups in total. The first-order valence-electron chi connectivity index (χ1n) is 7.89. The van der Waals surface area contributed by atoms with Gasteiger partial charge in [-0.2, -0.15) is 0 Å². The van der Waals surface area contributed by atoms with Crippen molar-refractivity contribution in [1.29, 1.82) is 0 Å². The number of hydrogen-bond acceptors (Lipinski definition) is 6. The van der Waals surface area contributed by atoms with Gasteiger partial charge in [0, 0.05) is 12.0 Å². The molecule has 2 saturated carbocycles. The maximum absolute atomic E-state index is 12.2. The van der Waals surface area contributed by atoms with E-state index in [0.717, 1.165) is 6.42 Å². The van der Waals surface area contributed by atoms with Gasteiger partial charge in [-0.15, -0.1) is 0 Å². The highest BCUT2D eigenvalue weighted by Crippen LogP contribution is 2.47. The van der Waals surface area contributed by atoms with Gasteiger partial charge in [0.05, 0.1) is 24.7 Å². The van der Waals surface area contributed by atoms with E-state index in [1.807, 2.05) is 13.8 Å². The molecule has 0 radical (unpaired) electrons. The number of urea groups is 1. The van der Waals surface area contributed by atoms with E-state index >= 15 is 0 Å². The van der Waals surface area contributed by atoms with Crippen molar-refractivity contribution < 1.29 is 19.4 Å². The number of imide groups is 1. The lowest BCUT2D eigenvalue weighted by atomic mass is 10.2. The predicted molar refractivity (Wildman–Crippen MR) is 77.1 cm³/mol. The molecule has 0 bridgehead atoms. The lowest BCUT2D eigenvalue weighted by Crippen LogP contribution is -2.56. The number of amides is 3. The molecule has 3 amide bonds. The molecule has 22 heavy (non-hydrogen) atoms. The van der Waals surface area contributed by atoms with Crippen LogP contribution in [0.15, 0.2) is 0 Å². The number of carbonyl (C=O) groups is 2. The number of hydrogen-bond donors (Lipinski definition) is 4. The molecule has 0 aromatic heterocycles. The van der Waals surface area contributed by atoms with Crippen molar-refractivity contribution in [1.82, 2.24) is 15.6 Å². The van der Waals surface area contributed by atoms with E-state index in [0.29, 0.717) is 6.42 Å². The third-order valence-corrected chi connectivity index (χ3v) is 5.12. The molecular formula is C14H24N4O4. The summed E-state index contributed by atoms with van der Waals surface area (Å²) in [6, 6.07) is -0.337. The van der Waals surface area contributed by atoms with Crippen molar-refractivity contribution in [2.75, 3.05) is 6.61 Å². The van der Waals surface area contributed by atoms with Gasteiger partial charge in [-0.25, -0.2) is 4.79 Å². The predicted octanol–water partition coefficient (Wildman–Crippen LogP) is -0.862. The molecule has 1 saturated heterocycles. The van der Waals surface area contributed by atoms with E-state index < -0.39 is 12.3 Å². The number of carbonyl (C=O) groups excluding carboxylic acids is 2. The Morgan fingerprint density at radius 2 is 2.27 bits per heavy atom. The molecule has 6 unspecified atom stereocenters. The smallest absolute Gasteiger partial charge is 0.326 e. The van der Waals surface area contributed by atoms with E-state index in [4.69, 9.17) is 10.6 Å². The van der Waals surface area contributed by atoms with Crippen LogP contribution in [0.3, 0.4) is 0 Å². The van der Waals surface area contributed by atoms with Crippen LogP contribution in [0.4, 0.5) is 4.79 Å². The summed E-state index contributed by atoms with van der Waals surface area (Å²) >= 11 is 0. The van der Waals surface area contributed by atoms with Crippen molar-refractivity contribution in [3.8, 4) is 0 Å². The van der Waals surface area contributed by atoms with Crippen LogP contribution in [0.25, 0.3) is 0 Å². The zero-order valence-electron chi connectivity index (χ0n) is 12.9. The van der Waals surface area contributed by atoms with Crippen LogP contribution in [-0.2, 0) is 9.53 Å². The molecule has 1 heterocycles. The quantitative estimate of drug-likeness (QED) is 0.359. The Kier molecular flexibility index (Phi) is 4.11. The second-order valence-electron chi connectivity index (χ2n) is 6.47. The van der Waals surface area contributed by atoms with Gasteiger partial charge in [0.25, 0.3) is 0 Å². The Morgan fingerprint density at radius 1 is 1.55 bits per heavy atom. The Bertz CT molecular complexity index is 474. The largest absolute Gasteiger partial charge is 0.394 e. The van der Waals surface area contributed by atoms with Gasteiger partial charge in [-0.1, -0.05) is 13.8 Å². The van der Waals surface area contributed by atoms with E-state index in [2.05, 4.69) is 10.7 Å². The second kappa shape index (κ2) is 5.77. The molecule has 0 spiro atoms. The van der Waals surface area contributed by atoms with E-state index in [1.54, 1.807) is 4.90 Å². The average Bonchev–Trinajstić information content (AvgIpc) is 3.39. The molecule has 0 aromatic rings. The van der Waals surface area contributed by atoms with E-state index in [9.17, 15) is 14.7 Å². The molecule has 2 aliphatic carbocycles. The highest BCUT2D eigenvalue weighted by Gasteiger charge is 2.61. The first-order chi connectivity index (χ1) is 10.5. The SMILES string of the molecule is CCC(O[C@H](CO)C1CC1NN)N1C(=O)NC(=O)C2C(C)C21. The van der Waals surface area contributed by atoms with Gasteiger partial charge in [0.15, 0.2) is 0 Å². The molecule has 7 atom stereocenters. The number of ether oxygens (including phenoxy) is 1. The minimum atomic E-state index is -0.443. The van der Waals surface area contributed by atoms with Crippen LogP contribution in [0.1, 0.15) is 26.7 Å². The number of hydrazine groups is 1. The van der Waals surface area contributed by atoms with Crippen molar-refractivity contribution in [3.05, 3.63) is 0 Å². The second-order valence-corrected chi connectivity index (χ2v) is 6.47. The van der Waals surface area contributed by atoms with Crippen LogP contribution < -0.4 is 16.6 Å². The third-order valence-electron chi connectivity index (χ3n) is 5.12. The Morgan fingerprint density at radius 3 is 2.82 bits per heavy atom. The summed E-state index contributed by atoms with van der Waals surface area (Å²) in [5, 5.41) is 12.0. The summed E-state index contributed by atoms with van der Waals surface area (Å²) < 4.78 is 6.00. The molecule has 3 aliphatic rings. The van der Waals surface area contributed by atoms with Crippen LogP contribution in [0.2, 0.25) is 0 Å². The summed E-state index contributed by atoms with van der Waals surface area (Å²) in [5.41, 5.74) is 2.68. The normalized spacial score (nSPS) is 39.1. The van der Waals surface area contributed by atoms with Crippen molar-refractivity contribution in [2.24, 2.45) is 23.6 Å². The number of aliphatic hydroxyl groups excluding tert-OH is 1. The third kappa shape index (κ3) is 2.50. The van der Waals surface area contributed by atoms with Gasteiger partial charge in [0.1, 0.15) is 6.23 Å². The summed E-state index contributed by atoms with van der Waals surface area (Å²) in [7, 11) is 0. The maximum atomic E-state index is 12.2. The fourth-order valence-electron chi connectivity index (χ4n) is 3.63. The van der Waals surface area contributed by atoms with Crippen LogP contribution >= 0.6 is 0 Å². The first kappa shape index (κ1) is 15.7. The Hall–Kier alpha value is -1.22. The number of fused-ring (bicyclic) bond motifs is 1. The number of nitrogens with one attached hydrogen (secondary N) is 2. The Balaban J connectivity index is 1.68. The molecule has 0 aromatic carbocycles. The monoisotopic (exact) mass is 312 g/mol. The standard InChI is InChI=1S/C14H24N4O4/c1-3-10(22-9(5-19)7-4-8(7)17-15)18-12-6(2)11(12)13(20)16-14(18)21/h6-12,17,19H,3-5,15H2,1-2H3,(H,16,20,21)/t6?,7?,8?,9-,10?,11?,12?/m1/s1. The highest BCUT2D eigenvalue weighted by atomic mass is 16.5. The van der Waals surface area contributed by atoms with Gasteiger partial charge < -0.3 is 9.84 Å². The lowest BCUT2D eigenvalue weighted by molar-refractivity contribution is -0.130. The fourth-order valence-corrected chi connectivity index (χ4v) is 3.63. The molecule has 8 heteroatoms. The molecule has 3 fully saturated rings. The van der Waals surface area contributed by atoms with Gasteiger partial charge >= 0.3 is 6.03 Å². The number of aliphatic hydroxyl groups is 1. The number of rotatable bonds is 7. The molecular weight excluding hydrogens is 288 g/mol. The minimum Gasteiger partial charge on any atom is -0.394 e. The topological polar surface area (TPSA) is 117 Å². The molecule has 3 rings (SSSR count). The van der Waals surface area contributed by atoms with Gasteiger partial charge in [-0.3, -0.25) is 26.3 Å². The maximum Gasteiger partial charge on any atom is 0.326 e. The number of nitrogens with zero attached hydrogens (tertiary/aromatic N) is 1. The van der Waals surface area contributed by atoms with Crippen molar-refractivity contribution >= 4 is 11.9 Å². The summed E-state index contributed by atoms with van der Waals surface area (Å²) in [4.78, 5) is 25.5. The van der Waals surface area contributed by atoms with Crippen molar-refractivity contribution in [3.63, 3.8) is 0 Å². The van der Waals surface area contributed by atoms with E-state index in [-0.39, 0.29) is 48.5 Å². The highest BCUT2D eigenvalue weighted by molar-refractivity contribution is 6.01. The number of nitrogens with two attached hydrogens (primary N) is 1. The minimum absolute atomic E-state index is 0.0897. The molecule has 8 nitrogen and oxygen atoms in total. The van der Waals surface area contributed by atoms with Crippen molar-refractivity contribution in [2.45, 2.75) is 51.1 Å². The van der Waals surface area contributed by atoms with E-state index in [1.165, 1.54) is 0 Å². The van der Waals surface area contributed by atoms with Gasteiger partial charge in [-0.05, 0) is 18.8 Å². The van der Waals surface area contributed by atoms with Crippen LogP contribution in [-0.4, -0.2) is 53.0 Å². The average molecular weight is 312 g/mol. The fraction of sp³-hybridized carbons (Fsp3) is 0.857. The summed E-state index contributed by atoms with van der Waals surface area (Å²) in [5.74, 6) is 5.39. The lowest BCUT2D eigenvalue weighted by Gasteiger charge is -2.35. The van der Waals surface area contributed by atoms with Crippen LogP contribution in [0.5, 0.6) is 0 Å². The van der Waals surface area contributed by atoms with Gasteiger partial charge in [0.2, 0.25) is 5.91 Å². The molecule has 124 valence electrons. The Labute approximate surface area is 129 Å². The summed E-state index contributed by atoms with van der Waals surface area (Å²) in [6.45, 7) is 3.78. The zero-order chi connectivity index (χ0) is 16.0. The van der Waals surface area contributed by atoms with Crippen LogP contribution in [0, 0.1) is 17.8 Å². The molecule has 1 aliphatic heterocycles.